The van der Waals surface area contributed by atoms with Gasteiger partial charge in [0.05, 0.1) is 6.54 Å². The molecule has 1 aromatic heterocycles. The molecule has 0 aliphatic heterocycles. The first-order valence-electron chi connectivity index (χ1n) is 4.30. The van der Waals surface area contributed by atoms with Crippen LogP contribution >= 0.6 is 15.9 Å². The highest BCUT2D eigenvalue weighted by Crippen LogP contribution is 2.32. The number of furan rings is 1. The highest BCUT2D eigenvalue weighted by Gasteiger charge is 2.33. The molecule has 0 aliphatic rings. The van der Waals surface area contributed by atoms with E-state index in [0.717, 1.165) is 4.47 Å². The molecule has 0 spiro atoms. The molecular weight excluding hydrogens is 268 g/mol. The highest BCUT2D eigenvalue weighted by atomic mass is 79.9. The lowest BCUT2D eigenvalue weighted by Gasteiger charge is -2.08. The average Bonchev–Trinajstić information content (AvgIpc) is 2.61. The second-order valence-electron chi connectivity index (χ2n) is 3.20. The molecule has 1 heterocycles. The topological polar surface area (TPSA) is 39.2 Å². The molecule has 15 heavy (non-hydrogen) atoms. The molecule has 0 fully saturated rings. The standard InChI is InChI=1S/C10H8BrF2NO/c11-7-1-2-8-6(3-7)4-9(15-8)10(12,13)5-14/h1-4H,5,14H2. The van der Waals surface area contributed by atoms with Crippen LogP contribution in [0.3, 0.4) is 0 Å². The monoisotopic (exact) mass is 275 g/mol. The molecule has 0 saturated heterocycles. The zero-order valence-electron chi connectivity index (χ0n) is 7.64. The molecule has 2 aromatic rings. The summed E-state index contributed by atoms with van der Waals surface area (Å²) in [7, 11) is 0. The lowest BCUT2D eigenvalue weighted by Crippen LogP contribution is -2.24. The van der Waals surface area contributed by atoms with E-state index >= 15 is 0 Å². The minimum absolute atomic E-state index is 0.391. The van der Waals surface area contributed by atoms with Crippen LogP contribution in [0.5, 0.6) is 0 Å². The van der Waals surface area contributed by atoms with Gasteiger partial charge in [0.2, 0.25) is 0 Å². The van der Waals surface area contributed by atoms with Gasteiger partial charge in [0, 0.05) is 9.86 Å². The molecule has 0 unspecified atom stereocenters. The molecule has 0 bridgehead atoms. The largest absolute Gasteiger partial charge is 0.455 e. The van der Waals surface area contributed by atoms with Gasteiger partial charge in [-0.25, -0.2) is 0 Å². The van der Waals surface area contributed by atoms with Crippen molar-refractivity contribution >= 4 is 26.9 Å². The van der Waals surface area contributed by atoms with Crippen molar-refractivity contribution in [3.05, 3.63) is 34.5 Å². The first-order valence-corrected chi connectivity index (χ1v) is 5.10. The van der Waals surface area contributed by atoms with Crippen LogP contribution in [-0.2, 0) is 5.92 Å². The summed E-state index contributed by atoms with van der Waals surface area (Å²) in [5.74, 6) is -3.50. The molecule has 2 nitrogen and oxygen atoms in total. The van der Waals surface area contributed by atoms with E-state index in [1.165, 1.54) is 6.07 Å². The zero-order valence-corrected chi connectivity index (χ0v) is 9.22. The van der Waals surface area contributed by atoms with Crippen LogP contribution in [0.25, 0.3) is 11.0 Å². The summed E-state index contributed by atoms with van der Waals surface area (Å²) in [5.41, 5.74) is 5.40. The second-order valence-corrected chi connectivity index (χ2v) is 4.12. The maximum atomic E-state index is 13.2. The Bertz CT molecular complexity index is 495. The van der Waals surface area contributed by atoms with E-state index in [-0.39, 0.29) is 0 Å². The summed E-state index contributed by atoms with van der Waals surface area (Å²) in [6.45, 7) is -0.756. The van der Waals surface area contributed by atoms with E-state index in [2.05, 4.69) is 15.9 Å². The van der Waals surface area contributed by atoms with Gasteiger partial charge in [-0.15, -0.1) is 0 Å². The third-order valence-electron chi connectivity index (χ3n) is 2.10. The van der Waals surface area contributed by atoms with Crippen LogP contribution in [-0.4, -0.2) is 6.54 Å². The van der Waals surface area contributed by atoms with Crippen molar-refractivity contribution in [1.29, 1.82) is 0 Å². The van der Waals surface area contributed by atoms with Crippen molar-refractivity contribution in [1.82, 2.24) is 0 Å². The molecule has 0 aliphatic carbocycles. The molecule has 1 aromatic carbocycles. The molecule has 0 radical (unpaired) electrons. The number of halogens is 3. The molecule has 0 saturated carbocycles. The number of nitrogens with two attached hydrogens (primary N) is 1. The van der Waals surface area contributed by atoms with Gasteiger partial charge in [0.15, 0.2) is 5.76 Å². The smallest absolute Gasteiger partial charge is 0.316 e. The maximum absolute atomic E-state index is 13.2. The van der Waals surface area contributed by atoms with E-state index in [4.69, 9.17) is 10.2 Å². The Labute approximate surface area is 93.2 Å². The lowest BCUT2D eigenvalue weighted by atomic mass is 10.2. The van der Waals surface area contributed by atoms with Gasteiger partial charge in [-0.1, -0.05) is 15.9 Å². The second kappa shape index (κ2) is 3.57. The van der Waals surface area contributed by atoms with Crippen LogP contribution in [0.1, 0.15) is 5.76 Å². The summed E-state index contributed by atoms with van der Waals surface area (Å²) in [4.78, 5) is 0. The van der Waals surface area contributed by atoms with Crippen LogP contribution < -0.4 is 5.73 Å². The Morgan fingerprint density at radius 1 is 1.33 bits per heavy atom. The van der Waals surface area contributed by atoms with Crippen molar-refractivity contribution in [3.8, 4) is 0 Å². The predicted molar refractivity (Wildman–Crippen MR) is 56.9 cm³/mol. The Morgan fingerprint density at radius 2 is 2.07 bits per heavy atom. The Morgan fingerprint density at radius 3 is 2.73 bits per heavy atom. The molecule has 5 heteroatoms. The summed E-state index contributed by atoms with van der Waals surface area (Å²) < 4.78 is 32.2. The van der Waals surface area contributed by atoms with Crippen LogP contribution in [0.15, 0.2) is 33.2 Å². The zero-order chi connectivity index (χ0) is 11.1. The summed E-state index contributed by atoms with van der Waals surface area (Å²) in [5, 5.41) is 0.632. The fourth-order valence-corrected chi connectivity index (χ4v) is 1.67. The number of fused-ring (bicyclic) bond motifs is 1. The fourth-order valence-electron chi connectivity index (χ4n) is 1.30. The number of hydrogen-bond acceptors (Lipinski definition) is 2. The normalized spacial score (nSPS) is 12.3. The Kier molecular flexibility index (Phi) is 2.52. The van der Waals surface area contributed by atoms with Gasteiger partial charge in [0.25, 0.3) is 0 Å². The van der Waals surface area contributed by atoms with Gasteiger partial charge in [-0.05, 0) is 24.3 Å². The average molecular weight is 276 g/mol. The first-order chi connectivity index (χ1) is 7.03. The highest BCUT2D eigenvalue weighted by molar-refractivity contribution is 9.10. The summed E-state index contributed by atoms with van der Waals surface area (Å²) >= 11 is 3.26. The van der Waals surface area contributed by atoms with E-state index < -0.39 is 18.2 Å². The summed E-state index contributed by atoms with van der Waals surface area (Å²) in [6, 6.07) is 6.40. The van der Waals surface area contributed by atoms with Gasteiger partial charge in [-0.3, -0.25) is 0 Å². The lowest BCUT2D eigenvalue weighted by molar-refractivity contribution is -0.0145. The van der Waals surface area contributed by atoms with Gasteiger partial charge in [-0.2, -0.15) is 8.78 Å². The van der Waals surface area contributed by atoms with Crippen molar-refractivity contribution in [3.63, 3.8) is 0 Å². The fraction of sp³-hybridized carbons (Fsp3) is 0.200. The Balaban J connectivity index is 2.56. The quantitative estimate of drug-likeness (QED) is 0.914. The van der Waals surface area contributed by atoms with Crippen LogP contribution in [0.4, 0.5) is 8.78 Å². The SMILES string of the molecule is NCC(F)(F)c1cc2cc(Br)ccc2o1. The van der Waals surface area contributed by atoms with Gasteiger partial charge in [0.1, 0.15) is 5.58 Å². The molecule has 2 N–H and O–H groups in total. The number of rotatable bonds is 2. The minimum Gasteiger partial charge on any atom is -0.455 e. The van der Waals surface area contributed by atoms with Gasteiger partial charge >= 0.3 is 5.92 Å². The van der Waals surface area contributed by atoms with Crippen molar-refractivity contribution in [2.75, 3.05) is 6.54 Å². The predicted octanol–water partition coefficient (Wildman–Crippen LogP) is 3.25. The van der Waals surface area contributed by atoms with Crippen molar-refractivity contribution in [2.24, 2.45) is 5.73 Å². The van der Waals surface area contributed by atoms with Crippen LogP contribution in [0.2, 0.25) is 0 Å². The van der Waals surface area contributed by atoms with E-state index in [9.17, 15) is 8.78 Å². The molecule has 0 amide bonds. The van der Waals surface area contributed by atoms with Crippen LogP contribution in [0, 0.1) is 0 Å². The minimum atomic E-state index is -3.11. The van der Waals surface area contributed by atoms with Crippen molar-refractivity contribution in [2.45, 2.75) is 5.92 Å². The molecule has 0 atom stereocenters. The van der Waals surface area contributed by atoms with E-state index in [0.29, 0.717) is 11.0 Å². The molecule has 2 rings (SSSR count). The van der Waals surface area contributed by atoms with Crippen molar-refractivity contribution < 1.29 is 13.2 Å². The summed E-state index contributed by atoms with van der Waals surface area (Å²) in [6.07, 6.45) is 0. The third-order valence-corrected chi connectivity index (χ3v) is 2.59. The number of alkyl halides is 2. The molecule has 80 valence electrons. The third kappa shape index (κ3) is 1.89. The first kappa shape index (κ1) is 10.6. The van der Waals surface area contributed by atoms with Gasteiger partial charge < -0.3 is 10.2 Å². The number of benzene rings is 1. The van der Waals surface area contributed by atoms with E-state index in [1.807, 2.05) is 0 Å². The maximum Gasteiger partial charge on any atom is 0.316 e. The Hall–Kier alpha value is -0.940. The van der Waals surface area contributed by atoms with E-state index in [1.54, 1.807) is 18.2 Å². The number of hydrogen-bond donors (Lipinski definition) is 1. The molecular formula is C10H8BrF2NO.